The van der Waals surface area contributed by atoms with Crippen LogP contribution in [0.5, 0.6) is 0 Å². The van der Waals surface area contributed by atoms with Gasteiger partial charge in [-0.05, 0) is 31.7 Å². The zero-order valence-corrected chi connectivity index (χ0v) is 15.5. The van der Waals surface area contributed by atoms with E-state index in [1.54, 1.807) is 24.9 Å². The van der Waals surface area contributed by atoms with Crippen LogP contribution in [0.2, 0.25) is 0 Å². The van der Waals surface area contributed by atoms with E-state index in [4.69, 9.17) is 0 Å². The molecule has 8 nitrogen and oxygen atoms in total. The van der Waals surface area contributed by atoms with Crippen LogP contribution in [0, 0.1) is 5.92 Å². The third-order valence-electron chi connectivity index (χ3n) is 4.81. The molecule has 3 aromatic heterocycles. The van der Waals surface area contributed by atoms with Crippen molar-refractivity contribution in [2.75, 3.05) is 18.4 Å². The van der Waals surface area contributed by atoms with Gasteiger partial charge in [-0.2, -0.15) is 5.10 Å². The Kier molecular flexibility index (Phi) is 5.34. The van der Waals surface area contributed by atoms with Gasteiger partial charge in [0.05, 0.1) is 12.4 Å². The number of anilines is 2. The van der Waals surface area contributed by atoms with Crippen molar-refractivity contribution in [3.05, 3.63) is 54.6 Å². The molecule has 0 bridgehead atoms. The van der Waals surface area contributed by atoms with Crippen LogP contribution in [-0.4, -0.2) is 47.7 Å². The largest absolute Gasteiger partial charge is 0.324 e. The van der Waals surface area contributed by atoms with Gasteiger partial charge in [-0.1, -0.05) is 0 Å². The fraction of sp³-hybridized carbons (Fsp3) is 0.421. The Labute approximate surface area is 158 Å². The number of hydrogen-bond acceptors (Lipinski definition) is 7. The fourth-order valence-corrected chi connectivity index (χ4v) is 3.64. The number of hydrogen-bond donors (Lipinski definition) is 1. The molecule has 4 heterocycles. The maximum Gasteiger partial charge on any atom is 0.150 e. The molecule has 0 unspecified atom stereocenters. The first-order valence-corrected chi connectivity index (χ1v) is 9.28. The van der Waals surface area contributed by atoms with Crippen molar-refractivity contribution in [3.8, 4) is 0 Å². The molecule has 0 amide bonds. The van der Waals surface area contributed by atoms with Gasteiger partial charge in [0.2, 0.25) is 0 Å². The standard InChI is InChI=1S/C19H24N8/c1-26-11-16(9-24-26)13-27-6-2-3-15(12-27)7-17-8-18(23-14-22-17)25-19-10-20-4-5-21-19/h4-5,8-11,14-15H,2-3,6-7,12-13H2,1H3,(H,21,22,23,25)/t15-/m0/s1. The molecule has 1 aliphatic heterocycles. The van der Waals surface area contributed by atoms with Crippen molar-refractivity contribution < 1.29 is 0 Å². The van der Waals surface area contributed by atoms with E-state index in [-0.39, 0.29) is 0 Å². The summed E-state index contributed by atoms with van der Waals surface area (Å²) in [7, 11) is 1.96. The molecular formula is C19H24N8. The van der Waals surface area contributed by atoms with Crippen LogP contribution in [0.15, 0.2) is 43.4 Å². The Balaban J connectivity index is 1.36. The molecule has 0 aliphatic carbocycles. The molecule has 0 aromatic carbocycles. The number of aromatic nitrogens is 6. The second kappa shape index (κ2) is 8.22. The smallest absolute Gasteiger partial charge is 0.150 e. The van der Waals surface area contributed by atoms with Gasteiger partial charge in [-0.3, -0.25) is 14.6 Å². The van der Waals surface area contributed by atoms with E-state index in [1.165, 1.54) is 18.4 Å². The number of nitrogens with zero attached hydrogens (tertiary/aromatic N) is 7. The summed E-state index contributed by atoms with van der Waals surface area (Å²) in [4.78, 5) is 19.6. The highest BCUT2D eigenvalue weighted by Gasteiger charge is 2.21. The predicted octanol–water partition coefficient (Wildman–Crippen LogP) is 2.20. The van der Waals surface area contributed by atoms with Crippen molar-refractivity contribution >= 4 is 11.6 Å². The molecule has 1 atom stereocenters. The molecular weight excluding hydrogens is 340 g/mol. The summed E-state index contributed by atoms with van der Waals surface area (Å²) in [6.45, 7) is 3.20. The van der Waals surface area contributed by atoms with Gasteiger partial charge < -0.3 is 5.32 Å². The topological polar surface area (TPSA) is 84.7 Å². The van der Waals surface area contributed by atoms with Crippen molar-refractivity contribution in [1.29, 1.82) is 0 Å². The van der Waals surface area contributed by atoms with Crippen molar-refractivity contribution in [1.82, 2.24) is 34.6 Å². The average Bonchev–Trinajstić information content (AvgIpc) is 3.08. The van der Waals surface area contributed by atoms with Gasteiger partial charge in [-0.15, -0.1) is 0 Å². The van der Waals surface area contributed by atoms with Crippen LogP contribution in [-0.2, 0) is 20.0 Å². The van der Waals surface area contributed by atoms with Gasteiger partial charge in [-0.25, -0.2) is 15.0 Å². The van der Waals surface area contributed by atoms with E-state index < -0.39 is 0 Å². The Bertz CT molecular complexity index is 863. The van der Waals surface area contributed by atoms with Gasteiger partial charge in [0.1, 0.15) is 18.0 Å². The maximum atomic E-state index is 4.47. The highest BCUT2D eigenvalue weighted by Crippen LogP contribution is 2.22. The molecule has 3 aromatic rings. The normalized spacial score (nSPS) is 17.7. The van der Waals surface area contributed by atoms with E-state index in [2.05, 4.69) is 41.4 Å². The maximum absolute atomic E-state index is 4.47. The minimum atomic E-state index is 0.606. The number of aryl methyl sites for hydroxylation is 1. The van der Waals surface area contributed by atoms with Crippen LogP contribution in [0.1, 0.15) is 24.1 Å². The summed E-state index contributed by atoms with van der Waals surface area (Å²) in [6, 6.07) is 2.01. The summed E-state index contributed by atoms with van der Waals surface area (Å²) in [6.07, 6.45) is 14.1. The van der Waals surface area contributed by atoms with E-state index in [0.29, 0.717) is 11.7 Å². The van der Waals surface area contributed by atoms with Gasteiger partial charge in [0, 0.05) is 56.1 Å². The van der Waals surface area contributed by atoms with E-state index in [0.717, 1.165) is 37.6 Å². The lowest BCUT2D eigenvalue weighted by Crippen LogP contribution is -2.35. The molecule has 0 saturated carbocycles. The summed E-state index contributed by atoms with van der Waals surface area (Å²) in [5, 5.41) is 7.45. The van der Waals surface area contributed by atoms with Gasteiger partial charge in [0.25, 0.3) is 0 Å². The number of piperidine rings is 1. The average molecular weight is 364 g/mol. The predicted molar refractivity (Wildman–Crippen MR) is 102 cm³/mol. The first-order chi connectivity index (χ1) is 13.2. The van der Waals surface area contributed by atoms with E-state index in [9.17, 15) is 0 Å². The molecule has 0 spiro atoms. The zero-order chi connectivity index (χ0) is 18.5. The lowest BCUT2D eigenvalue weighted by Gasteiger charge is -2.32. The zero-order valence-electron chi connectivity index (χ0n) is 15.5. The molecule has 140 valence electrons. The molecule has 1 aliphatic rings. The molecule has 1 saturated heterocycles. The van der Waals surface area contributed by atoms with Gasteiger partial charge >= 0.3 is 0 Å². The molecule has 4 rings (SSSR count). The number of nitrogens with one attached hydrogen (secondary N) is 1. The third kappa shape index (κ3) is 4.85. The minimum absolute atomic E-state index is 0.606. The summed E-state index contributed by atoms with van der Waals surface area (Å²) in [5.41, 5.74) is 2.33. The van der Waals surface area contributed by atoms with Crippen LogP contribution in [0.3, 0.4) is 0 Å². The van der Waals surface area contributed by atoms with Gasteiger partial charge in [0.15, 0.2) is 0 Å². The molecule has 1 fully saturated rings. The van der Waals surface area contributed by atoms with Crippen molar-refractivity contribution in [2.24, 2.45) is 13.0 Å². The molecule has 27 heavy (non-hydrogen) atoms. The minimum Gasteiger partial charge on any atom is -0.324 e. The van der Waals surface area contributed by atoms with Crippen LogP contribution in [0.4, 0.5) is 11.6 Å². The Morgan fingerprint density at radius 2 is 2.11 bits per heavy atom. The van der Waals surface area contributed by atoms with E-state index in [1.807, 2.05) is 24.0 Å². The number of rotatable bonds is 6. The SMILES string of the molecule is Cn1cc(CN2CCC[C@@H](Cc3cc(Nc4cnccn4)ncn3)C2)cn1. The van der Waals surface area contributed by atoms with Crippen LogP contribution in [0.25, 0.3) is 0 Å². The molecule has 8 heteroatoms. The Hall–Kier alpha value is -2.87. The summed E-state index contributed by atoms with van der Waals surface area (Å²) >= 11 is 0. The quantitative estimate of drug-likeness (QED) is 0.718. The highest BCUT2D eigenvalue weighted by atomic mass is 15.2. The highest BCUT2D eigenvalue weighted by molar-refractivity contribution is 5.49. The molecule has 0 radical (unpaired) electrons. The second-order valence-electron chi connectivity index (χ2n) is 7.08. The number of likely N-dealkylation sites (tertiary alicyclic amines) is 1. The lowest BCUT2D eigenvalue weighted by atomic mass is 9.93. The van der Waals surface area contributed by atoms with Crippen LogP contribution < -0.4 is 5.32 Å². The monoisotopic (exact) mass is 364 g/mol. The van der Waals surface area contributed by atoms with Crippen molar-refractivity contribution in [3.63, 3.8) is 0 Å². The summed E-state index contributed by atoms with van der Waals surface area (Å²) < 4.78 is 1.86. The summed E-state index contributed by atoms with van der Waals surface area (Å²) in [5.74, 6) is 2.04. The Morgan fingerprint density at radius 3 is 2.93 bits per heavy atom. The van der Waals surface area contributed by atoms with E-state index >= 15 is 0 Å². The second-order valence-corrected chi connectivity index (χ2v) is 7.08. The van der Waals surface area contributed by atoms with Crippen LogP contribution >= 0.6 is 0 Å². The fourth-order valence-electron chi connectivity index (χ4n) is 3.64. The molecule has 1 N–H and O–H groups in total. The van der Waals surface area contributed by atoms with Crippen molar-refractivity contribution in [2.45, 2.75) is 25.8 Å². The Morgan fingerprint density at radius 1 is 1.15 bits per heavy atom. The first-order valence-electron chi connectivity index (χ1n) is 9.28. The lowest BCUT2D eigenvalue weighted by molar-refractivity contribution is 0.166. The first kappa shape index (κ1) is 17.5. The third-order valence-corrected chi connectivity index (χ3v) is 4.81.